The van der Waals surface area contributed by atoms with Crippen LogP contribution < -0.4 is 10.2 Å². The van der Waals surface area contributed by atoms with E-state index in [1.807, 2.05) is 21.1 Å². The number of unbranched alkanes of at least 4 members (excludes halogenated alkanes) is 33. The van der Waals surface area contributed by atoms with Crippen LogP contribution in [0.4, 0.5) is 0 Å². The zero-order valence-corrected chi connectivity index (χ0v) is 45.3. The van der Waals surface area contributed by atoms with Crippen LogP contribution in [0.15, 0.2) is 36.5 Å². The lowest BCUT2D eigenvalue weighted by atomic mass is 10.0. The summed E-state index contributed by atoms with van der Waals surface area (Å²) in [5.41, 5.74) is 0. The second-order valence-corrected chi connectivity index (χ2v) is 22.1. The van der Waals surface area contributed by atoms with Gasteiger partial charge < -0.3 is 28.8 Å². The van der Waals surface area contributed by atoms with Gasteiger partial charge in [-0.1, -0.05) is 249 Å². The zero-order valence-electron chi connectivity index (χ0n) is 44.4. The summed E-state index contributed by atoms with van der Waals surface area (Å²) in [7, 11) is 1.31. The minimum Gasteiger partial charge on any atom is -0.756 e. The summed E-state index contributed by atoms with van der Waals surface area (Å²) in [6.07, 6.45) is 61.7. The molecule has 2 N–H and O–H groups in total. The Labute approximate surface area is 410 Å². The van der Waals surface area contributed by atoms with Gasteiger partial charge in [-0.2, -0.15) is 0 Å². The van der Waals surface area contributed by atoms with Crippen LogP contribution >= 0.6 is 7.82 Å². The summed E-state index contributed by atoms with van der Waals surface area (Å²) in [5.74, 6) is -0.163. The normalized spacial score (nSPS) is 14.2. The van der Waals surface area contributed by atoms with Crippen LogP contribution in [0.1, 0.15) is 271 Å². The molecule has 1 amide bonds. The molecule has 0 aliphatic rings. The first-order chi connectivity index (χ1) is 32.0. The largest absolute Gasteiger partial charge is 0.756 e. The number of likely N-dealkylation sites (N-methyl/N-ethyl adjacent to an activating group) is 1. The minimum atomic E-state index is -4.57. The first-order valence-corrected chi connectivity index (χ1v) is 29.8. The van der Waals surface area contributed by atoms with Crippen LogP contribution in [0.25, 0.3) is 0 Å². The number of amides is 1. The quantitative estimate of drug-likeness (QED) is 0.0272. The van der Waals surface area contributed by atoms with Crippen molar-refractivity contribution >= 4 is 13.7 Å². The Morgan fingerprint density at radius 3 is 1.27 bits per heavy atom. The van der Waals surface area contributed by atoms with E-state index in [0.29, 0.717) is 23.9 Å². The van der Waals surface area contributed by atoms with Gasteiger partial charge >= 0.3 is 0 Å². The van der Waals surface area contributed by atoms with E-state index in [1.165, 1.54) is 193 Å². The summed E-state index contributed by atoms with van der Waals surface area (Å²) in [6.45, 7) is 4.73. The Balaban J connectivity index is 4.10. The SMILES string of the molecule is CCCCCCC/C=C\C/C=C\C/C=C\CCCCCCCCCCCCCCCCC(=O)NC(COP(=O)([O-])OCC[N+](C)(C)C)C(O)CCCCCCCCCCCCCCCCC. The van der Waals surface area contributed by atoms with E-state index in [2.05, 4.69) is 55.6 Å². The molecule has 0 saturated heterocycles. The molecule has 3 unspecified atom stereocenters. The third kappa shape index (κ3) is 50.6. The Kier molecular flexibility index (Phi) is 47.8. The summed E-state index contributed by atoms with van der Waals surface area (Å²) in [5, 5.41) is 14.0. The van der Waals surface area contributed by atoms with Gasteiger partial charge in [0.15, 0.2) is 0 Å². The van der Waals surface area contributed by atoms with Crippen molar-refractivity contribution in [3.8, 4) is 0 Å². The van der Waals surface area contributed by atoms with Gasteiger partial charge in [0.05, 0.1) is 39.9 Å². The van der Waals surface area contributed by atoms with Gasteiger partial charge in [-0.05, 0) is 51.4 Å². The van der Waals surface area contributed by atoms with Gasteiger partial charge in [-0.3, -0.25) is 9.36 Å². The number of nitrogens with zero attached hydrogens (tertiary/aromatic N) is 1. The highest BCUT2D eigenvalue weighted by Crippen LogP contribution is 2.38. The van der Waals surface area contributed by atoms with Gasteiger partial charge in [0, 0.05) is 6.42 Å². The molecule has 0 aromatic rings. The Hall–Kier alpha value is -1.28. The van der Waals surface area contributed by atoms with Gasteiger partial charge in [-0.25, -0.2) is 0 Å². The topological polar surface area (TPSA) is 108 Å². The first-order valence-electron chi connectivity index (χ1n) is 28.3. The van der Waals surface area contributed by atoms with Crippen molar-refractivity contribution < 1.29 is 32.9 Å². The number of quaternary nitrogens is 1. The maximum atomic E-state index is 13.0. The molecule has 0 heterocycles. The molecular weight excluding hydrogens is 840 g/mol. The summed E-state index contributed by atoms with van der Waals surface area (Å²) in [6, 6.07) is -0.800. The third-order valence-corrected chi connectivity index (χ3v) is 13.8. The predicted molar refractivity (Wildman–Crippen MR) is 284 cm³/mol. The molecule has 390 valence electrons. The number of aliphatic hydroxyl groups excluding tert-OH is 1. The molecule has 0 radical (unpaired) electrons. The number of rotatable bonds is 52. The number of nitrogens with one attached hydrogen (secondary N) is 1. The van der Waals surface area contributed by atoms with Crippen LogP contribution in [0.5, 0.6) is 0 Å². The Morgan fingerprint density at radius 1 is 0.530 bits per heavy atom. The van der Waals surface area contributed by atoms with Crippen LogP contribution in [0.2, 0.25) is 0 Å². The molecule has 0 aliphatic carbocycles. The Morgan fingerprint density at radius 2 is 0.879 bits per heavy atom. The van der Waals surface area contributed by atoms with Crippen LogP contribution in [-0.2, 0) is 18.4 Å². The van der Waals surface area contributed by atoms with Crippen molar-refractivity contribution in [3.63, 3.8) is 0 Å². The second kappa shape index (κ2) is 48.7. The molecule has 8 nitrogen and oxygen atoms in total. The van der Waals surface area contributed by atoms with Crippen molar-refractivity contribution in [2.24, 2.45) is 0 Å². The average Bonchev–Trinajstić information content (AvgIpc) is 3.28. The van der Waals surface area contributed by atoms with Crippen molar-refractivity contribution in [1.29, 1.82) is 0 Å². The van der Waals surface area contributed by atoms with E-state index in [1.54, 1.807) is 0 Å². The molecule has 0 rings (SSSR count). The lowest BCUT2D eigenvalue weighted by Gasteiger charge is -2.30. The highest BCUT2D eigenvalue weighted by molar-refractivity contribution is 7.45. The van der Waals surface area contributed by atoms with E-state index in [4.69, 9.17) is 9.05 Å². The molecule has 66 heavy (non-hydrogen) atoms. The van der Waals surface area contributed by atoms with E-state index in [-0.39, 0.29) is 19.1 Å². The molecular formula is C57H111N2O6P. The van der Waals surface area contributed by atoms with Crippen LogP contribution in [0.3, 0.4) is 0 Å². The number of phosphoric ester groups is 1. The smallest absolute Gasteiger partial charge is 0.268 e. The van der Waals surface area contributed by atoms with Crippen molar-refractivity contribution in [1.82, 2.24) is 5.32 Å². The fourth-order valence-corrected chi connectivity index (χ4v) is 9.12. The molecule has 0 aromatic heterocycles. The van der Waals surface area contributed by atoms with Crippen LogP contribution in [0, 0.1) is 0 Å². The molecule has 0 spiro atoms. The maximum absolute atomic E-state index is 13.0. The molecule has 0 saturated carbocycles. The number of carbonyl (C=O) groups is 1. The van der Waals surface area contributed by atoms with E-state index >= 15 is 0 Å². The molecule has 3 atom stereocenters. The van der Waals surface area contributed by atoms with Gasteiger partial charge in [-0.15, -0.1) is 0 Å². The number of allylic oxidation sites excluding steroid dienone is 6. The third-order valence-electron chi connectivity index (χ3n) is 12.9. The fraction of sp³-hybridized carbons (Fsp3) is 0.877. The number of aliphatic hydroxyl groups is 1. The first kappa shape index (κ1) is 64.7. The van der Waals surface area contributed by atoms with Crippen molar-refractivity contribution in [2.45, 2.75) is 283 Å². The number of hydrogen-bond donors (Lipinski definition) is 2. The molecule has 0 fully saturated rings. The molecule has 0 aliphatic heterocycles. The van der Waals surface area contributed by atoms with Gasteiger partial charge in [0.1, 0.15) is 13.2 Å². The lowest BCUT2D eigenvalue weighted by Crippen LogP contribution is -2.46. The standard InChI is InChI=1S/C57H111N2O6P/c1-6-8-10-12-14-16-18-20-22-23-24-25-26-27-28-29-30-31-32-33-34-35-37-39-41-43-45-47-49-51-57(61)58-55(54-65-66(62,63)64-53-52-59(3,4)5)56(60)50-48-46-44-42-40-38-36-21-19-17-15-13-11-9-7-2/h18,20,23-24,26-27,55-56,60H,6-17,19,21-22,25,28-54H2,1-5H3,(H-,58,61,62,63)/b20-18-,24-23-,27-26-. The maximum Gasteiger partial charge on any atom is 0.268 e. The number of phosphoric acid groups is 1. The molecule has 0 bridgehead atoms. The van der Waals surface area contributed by atoms with E-state index in [9.17, 15) is 19.4 Å². The predicted octanol–water partition coefficient (Wildman–Crippen LogP) is 16.4. The summed E-state index contributed by atoms with van der Waals surface area (Å²) < 4.78 is 23.4. The van der Waals surface area contributed by atoms with Crippen molar-refractivity contribution in [2.75, 3.05) is 40.9 Å². The van der Waals surface area contributed by atoms with Crippen LogP contribution in [-0.4, -0.2) is 68.5 Å². The van der Waals surface area contributed by atoms with Crippen molar-refractivity contribution in [3.05, 3.63) is 36.5 Å². The second-order valence-electron chi connectivity index (χ2n) is 20.6. The van der Waals surface area contributed by atoms with Gasteiger partial charge in [0.2, 0.25) is 5.91 Å². The number of carbonyl (C=O) groups excluding carboxylic acids is 1. The minimum absolute atomic E-state index is 0.0127. The average molecular weight is 951 g/mol. The zero-order chi connectivity index (χ0) is 48.5. The van der Waals surface area contributed by atoms with Gasteiger partial charge in [0.25, 0.3) is 7.82 Å². The number of hydrogen-bond acceptors (Lipinski definition) is 6. The fourth-order valence-electron chi connectivity index (χ4n) is 8.40. The lowest BCUT2D eigenvalue weighted by molar-refractivity contribution is -0.870. The highest BCUT2D eigenvalue weighted by Gasteiger charge is 2.24. The molecule has 0 aromatic carbocycles. The summed E-state index contributed by atoms with van der Waals surface area (Å²) in [4.78, 5) is 25.5. The monoisotopic (exact) mass is 951 g/mol. The van der Waals surface area contributed by atoms with E-state index in [0.717, 1.165) is 51.4 Å². The highest BCUT2D eigenvalue weighted by atomic mass is 31.2. The van der Waals surface area contributed by atoms with E-state index < -0.39 is 20.0 Å². The molecule has 9 heteroatoms. The summed E-state index contributed by atoms with van der Waals surface area (Å²) >= 11 is 0. The Bertz CT molecular complexity index is 1170.